The Morgan fingerprint density at radius 3 is 2.73 bits per heavy atom. The molecule has 4 aromatic rings. The van der Waals surface area contributed by atoms with Crippen LogP contribution in [0.15, 0.2) is 54.4 Å². The molecule has 1 atom stereocenters. The number of rotatable bonds is 10. The molecular weight excluding hydrogens is 587 g/mol. The Labute approximate surface area is 257 Å². The number of benzene rings is 2. The van der Waals surface area contributed by atoms with Crippen LogP contribution in [-0.2, 0) is 16.1 Å². The van der Waals surface area contributed by atoms with Gasteiger partial charge in [-0.15, -0.1) is 0 Å². The number of nitrogens with two attached hydrogens (primary N) is 1. The maximum absolute atomic E-state index is 15.5. The van der Waals surface area contributed by atoms with Gasteiger partial charge in [0.15, 0.2) is 17.2 Å². The van der Waals surface area contributed by atoms with Crippen molar-refractivity contribution in [2.45, 2.75) is 58.2 Å². The number of nitrogen functional groups attached to an aromatic ring is 1. The normalized spacial score (nSPS) is 15.4. The van der Waals surface area contributed by atoms with Gasteiger partial charge >= 0.3 is 0 Å². The number of aromatic nitrogens is 4. The molecule has 0 bridgehead atoms. The first-order chi connectivity index (χ1) is 21.5. The van der Waals surface area contributed by atoms with Crippen LogP contribution in [0.1, 0.15) is 40.0 Å². The van der Waals surface area contributed by atoms with Gasteiger partial charge in [-0.3, -0.25) is 4.79 Å². The molecule has 45 heavy (non-hydrogen) atoms. The highest BCUT2D eigenvalue weighted by Crippen LogP contribution is 2.35. The topological polar surface area (TPSA) is 132 Å². The maximum atomic E-state index is 15.5. The Morgan fingerprint density at radius 2 is 2.00 bits per heavy atom. The third-order valence-electron chi connectivity index (χ3n) is 7.60. The predicted octanol–water partition coefficient (Wildman–Crippen LogP) is 5.93. The van der Waals surface area contributed by atoms with E-state index in [4.69, 9.17) is 15.2 Å². The Balaban J connectivity index is 1.43. The molecule has 13 heteroatoms. The summed E-state index contributed by atoms with van der Waals surface area (Å²) >= 11 is 0. The van der Waals surface area contributed by atoms with Gasteiger partial charge in [0.05, 0.1) is 23.6 Å². The van der Waals surface area contributed by atoms with Crippen LogP contribution in [0.3, 0.4) is 0 Å². The van der Waals surface area contributed by atoms with Gasteiger partial charge in [-0.1, -0.05) is 12.1 Å². The summed E-state index contributed by atoms with van der Waals surface area (Å²) in [4.78, 5) is 23.5. The van der Waals surface area contributed by atoms with Crippen molar-refractivity contribution >= 4 is 22.8 Å². The summed E-state index contributed by atoms with van der Waals surface area (Å²) in [5.41, 5.74) is 6.27. The average Bonchev–Trinajstić information content (AvgIpc) is 3.61. The van der Waals surface area contributed by atoms with E-state index < -0.39 is 28.8 Å². The lowest BCUT2D eigenvalue weighted by Gasteiger charge is -2.26. The summed E-state index contributed by atoms with van der Waals surface area (Å²) in [6, 6.07) is 8.99. The Bertz CT molecular complexity index is 1820. The summed E-state index contributed by atoms with van der Waals surface area (Å²) in [5.74, 6) is -3.79. The zero-order valence-corrected chi connectivity index (χ0v) is 25.1. The van der Waals surface area contributed by atoms with Crippen molar-refractivity contribution < 1.29 is 27.4 Å². The number of anilines is 1. The molecule has 0 radical (unpaired) electrons. The number of hydrogen-bond acceptors (Lipinski definition) is 8. The average molecular weight is 620 g/mol. The van der Waals surface area contributed by atoms with Crippen LogP contribution in [0, 0.1) is 28.8 Å². The highest BCUT2D eigenvalue weighted by atomic mass is 19.2. The molecule has 1 aliphatic rings. The molecule has 2 aromatic heterocycles. The number of amides is 1. The van der Waals surface area contributed by atoms with Gasteiger partial charge in [0.2, 0.25) is 5.82 Å². The molecule has 1 amide bonds. The molecule has 1 aliphatic heterocycles. The van der Waals surface area contributed by atoms with Gasteiger partial charge in [0.1, 0.15) is 41.0 Å². The molecule has 0 aliphatic carbocycles. The van der Waals surface area contributed by atoms with E-state index in [1.807, 2.05) is 26.8 Å². The van der Waals surface area contributed by atoms with E-state index in [1.165, 1.54) is 30.6 Å². The Kier molecular flexibility index (Phi) is 9.06. The predicted molar refractivity (Wildman–Crippen MR) is 160 cm³/mol. The third-order valence-corrected chi connectivity index (χ3v) is 7.60. The molecule has 5 rings (SSSR count). The second-order valence-corrected chi connectivity index (χ2v) is 11.2. The minimum absolute atomic E-state index is 0.0368. The number of halogens is 3. The van der Waals surface area contributed by atoms with Crippen LogP contribution in [-0.4, -0.2) is 55.4 Å². The first kappa shape index (κ1) is 31.5. The highest BCUT2D eigenvalue weighted by Gasteiger charge is 2.33. The molecule has 3 heterocycles. The van der Waals surface area contributed by atoms with E-state index in [-0.39, 0.29) is 46.9 Å². The number of carbonyl (C=O) groups excluding carboxylic acids is 1. The minimum Gasteiger partial charge on any atom is -0.454 e. The number of carbonyl (C=O) groups is 1. The van der Waals surface area contributed by atoms with Gasteiger partial charge in [-0.05, 0) is 64.3 Å². The monoisotopic (exact) mass is 619 g/mol. The Hall–Kier alpha value is -4.96. The Morgan fingerprint density at radius 1 is 1.20 bits per heavy atom. The molecule has 2 aromatic carbocycles. The van der Waals surface area contributed by atoms with Crippen molar-refractivity contribution in [3.63, 3.8) is 0 Å². The number of likely N-dealkylation sites (tertiary alicyclic amines) is 1. The van der Waals surface area contributed by atoms with Crippen LogP contribution in [0.4, 0.5) is 19.0 Å². The van der Waals surface area contributed by atoms with Crippen LogP contribution >= 0.6 is 0 Å². The van der Waals surface area contributed by atoms with Gasteiger partial charge in [0, 0.05) is 24.8 Å². The van der Waals surface area contributed by atoms with E-state index >= 15 is 4.39 Å². The fourth-order valence-electron chi connectivity index (χ4n) is 5.41. The number of nitrogens with zero attached hydrogens (tertiary/aromatic N) is 6. The number of nitriles is 1. The van der Waals surface area contributed by atoms with Crippen LogP contribution < -0.4 is 10.5 Å². The van der Waals surface area contributed by atoms with Crippen molar-refractivity contribution in [2.75, 3.05) is 18.9 Å². The molecule has 1 fully saturated rings. The quantitative estimate of drug-likeness (QED) is 0.171. The van der Waals surface area contributed by atoms with Gasteiger partial charge in [-0.2, -0.15) is 14.8 Å². The first-order valence-corrected chi connectivity index (χ1v) is 14.5. The smallest absolute Gasteiger partial charge is 0.264 e. The van der Waals surface area contributed by atoms with Gasteiger partial charge in [-0.25, -0.2) is 23.4 Å². The van der Waals surface area contributed by atoms with Crippen molar-refractivity contribution in [1.29, 1.82) is 5.26 Å². The summed E-state index contributed by atoms with van der Waals surface area (Å²) < 4.78 is 55.8. The molecule has 234 valence electrons. The third kappa shape index (κ3) is 6.61. The molecule has 1 saturated heterocycles. The fourth-order valence-corrected chi connectivity index (χ4v) is 5.41. The zero-order chi connectivity index (χ0) is 32.3. The van der Waals surface area contributed by atoms with Crippen LogP contribution in [0.2, 0.25) is 0 Å². The van der Waals surface area contributed by atoms with E-state index in [0.29, 0.717) is 37.0 Å². The lowest BCUT2D eigenvalue weighted by Crippen LogP contribution is -2.39. The molecule has 2 N–H and O–H groups in total. The molecule has 10 nitrogen and oxygen atoms in total. The largest absolute Gasteiger partial charge is 0.454 e. The van der Waals surface area contributed by atoms with E-state index in [0.717, 1.165) is 18.6 Å². The summed E-state index contributed by atoms with van der Waals surface area (Å²) in [6.45, 7) is 6.86. The van der Waals surface area contributed by atoms with E-state index in [1.54, 1.807) is 15.7 Å². The second-order valence-electron chi connectivity index (χ2n) is 11.2. The molecule has 0 spiro atoms. The van der Waals surface area contributed by atoms with Gasteiger partial charge in [0.25, 0.3) is 5.91 Å². The van der Waals surface area contributed by atoms with E-state index in [2.05, 4.69) is 15.1 Å². The van der Waals surface area contributed by atoms with Gasteiger partial charge < -0.3 is 20.1 Å². The van der Waals surface area contributed by atoms with Crippen molar-refractivity contribution in [3.05, 3.63) is 71.8 Å². The van der Waals surface area contributed by atoms with Crippen molar-refractivity contribution in [1.82, 2.24) is 24.6 Å². The zero-order valence-electron chi connectivity index (χ0n) is 25.1. The second kappa shape index (κ2) is 13.0. The maximum Gasteiger partial charge on any atom is 0.264 e. The number of ether oxygens (including phenoxy) is 2. The van der Waals surface area contributed by atoms with Crippen LogP contribution in [0.5, 0.6) is 11.5 Å². The lowest BCUT2D eigenvalue weighted by molar-refractivity contribution is -0.127. The van der Waals surface area contributed by atoms with E-state index in [9.17, 15) is 18.8 Å². The standard InChI is InChI=1S/C32H32F3N7O3/c1-4-44-32(2,3)13-12-19(16-36)31(43)41-14-6-7-20(41)17-42-30-26(29(37)38-18-39-30)28(40-42)22-11-10-21(15-24(22)34)45-25-9-5-8-23(33)27(25)35/h5,8-12,15,18,20H,4,6-7,13-14,17H2,1-3H3,(H2,37,38,39)/b19-12+/t20-/m1/s1. The molecular formula is C32H32F3N7O3. The summed E-state index contributed by atoms with van der Waals surface area (Å²) in [6.07, 6.45) is 4.66. The van der Waals surface area contributed by atoms with Crippen LogP contribution in [0.25, 0.3) is 22.3 Å². The highest BCUT2D eigenvalue weighted by molar-refractivity contribution is 5.99. The van der Waals surface area contributed by atoms with Crippen molar-refractivity contribution in [3.8, 4) is 28.8 Å². The number of hydrogen-bond donors (Lipinski definition) is 1. The number of fused-ring (bicyclic) bond motifs is 1. The molecule has 0 unspecified atom stereocenters. The lowest BCUT2D eigenvalue weighted by atomic mass is 10.0. The van der Waals surface area contributed by atoms with Crippen molar-refractivity contribution in [2.24, 2.45) is 0 Å². The first-order valence-electron chi connectivity index (χ1n) is 14.5. The SMILES string of the molecule is CCOC(C)(C)C/C=C(\C#N)C(=O)N1CCC[C@@H]1Cn1nc(-c2ccc(Oc3cccc(F)c3F)cc2F)c2c(N)ncnc21. The fraction of sp³-hybridized carbons (Fsp3) is 0.344. The molecule has 0 saturated carbocycles. The summed E-state index contributed by atoms with van der Waals surface area (Å²) in [5, 5.41) is 14.7. The minimum atomic E-state index is -1.19. The summed E-state index contributed by atoms with van der Waals surface area (Å²) in [7, 11) is 0.